The summed E-state index contributed by atoms with van der Waals surface area (Å²) in [5.74, 6) is 0.513. The largest absolute Gasteiger partial charge is 0.330 e. The molecule has 0 saturated heterocycles. The van der Waals surface area contributed by atoms with E-state index in [1.807, 2.05) is 20.8 Å². The molecule has 0 aliphatic carbocycles. The van der Waals surface area contributed by atoms with Crippen molar-refractivity contribution in [3.8, 4) is 0 Å². The first kappa shape index (κ1) is 9.63. The van der Waals surface area contributed by atoms with Gasteiger partial charge in [0.1, 0.15) is 5.78 Å². The summed E-state index contributed by atoms with van der Waals surface area (Å²) in [7, 11) is 0. The van der Waals surface area contributed by atoms with Gasteiger partial charge in [-0.15, -0.1) is 0 Å². The lowest BCUT2D eigenvalue weighted by Gasteiger charge is -2.11. The molecule has 0 spiro atoms. The van der Waals surface area contributed by atoms with Crippen molar-refractivity contribution >= 4 is 5.78 Å². The predicted octanol–water partition coefficient (Wildman–Crippen LogP) is 1.20. The van der Waals surface area contributed by atoms with E-state index in [-0.39, 0.29) is 11.8 Å². The summed E-state index contributed by atoms with van der Waals surface area (Å²) in [5, 5.41) is 0. The minimum absolute atomic E-state index is 0.0370. The molecule has 0 aromatic rings. The van der Waals surface area contributed by atoms with Crippen LogP contribution in [0.4, 0.5) is 0 Å². The highest BCUT2D eigenvalue weighted by Crippen LogP contribution is 2.08. The highest BCUT2D eigenvalue weighted by atomic mass is 16.1. The topological polar surface area (TPSA) is 43.1 Å². The molecular formula is C8H17NO. The van der Waals surface area contributed by atoms with Crippen LogP contribution in [0, 0.1) is 11.8 Å². The van der Waals surface area contributed by atoms with E-state index < -0.39 is 0 Å². The van der Waals surface area contributed by atoms with Crippen molar-refractivity contribution in [2.75, 3.05) is 6.54 Å². The number of Topliss-reactive ketones (excluding diaryl/α,β-unsaturated/α-hetero) is 1. The first-order chi connectivity index (χ1) is 4.63. The zero-order valence-corrected chi connectivity index (χ0v) is 7.05. The molecule has 2 atom stereocenters. The maximum absolute atomic E-state index is 11.2. The lowest BCUT2D eigenvalue weighted by atomic mass is 9.94. The maximum Gasteiger partial charge on any atom is 0.139 e. The number of ketones is 1. The molecule has 2 N–H and O–H groups in total. The van der Waals surface area contributed by atoms with Gasteiger partial charge in [-0.05, 0) is 6.42 Å². The van der Waals surface area contributed by atoms with Crippen molar-refractivity contribution < 1.29 is 4.79 Å². The molecule has 0 heterocycles. The molecule has 2 nitrogen and oxygen atoms in total. The summed E-state index contributed by atoms with van der Waals surface area (Å²) in [6, 6.07) is 0. The third kappa shape index (κ3) is 2.48. The molecule has 60 valence electrons. The second-order valence-corrected chi connectivity index (χ2v) is 2.85. The SMILES string of the molecule is CCC(C)C(=O)C(C)CN. The molecule has 0 rings (SSSR count). The third-order valence-corrected chi connectivity index (χ3v) is 1.94. The second-order valence-electron chi connectivity index (χ2n) is 2.85. The van der Waals surface area contributed by atoms with Gasteiger partial charge in [0.25, 0.3) is 0 Å². The Morgan fingerprint density at radius 1 is 1.40 bits per heavy atom. The average Bonchev–Trinajstić information content (AvgIpc) is 2.00. The molecule has 0 fully saturated rings. The van der Waals surface area contributed by atoms with E-state index in [0.29, 0.717) is 12.3 Å². The summed E-state index contributed by atoms with van der Waals surface area (Å²) >= 11 is 0. The Balaban J connectivity index is 3.82. The minimum Gasteiger partial charge on any atom is -0.330 e. The fourth-order valence-corrected chi connectivity index (χ4v) is 0.803. The van der Waals surface area contributed by atoms with Crippen molar-refractivity contribution in [3.63, 3.8) is 0 Å². The molecule has 10 heavy (non-hydrogen) atoms. The molecule has 0 radical (unpaired) electrons. The summed E-state index contributed by atoms with van der Waals surface area (Å²) in [5.41, 5.74) is 5.34. The van der Waals surface area contributed by atoms with Crippen LogP contribution in [0.5, 0.6) is 0 Å². The van der Waals surface area contributed by atoms with E-state index in [1.165, 1.54) is 0 Å². The van der Waals surface area contributed by atoms with E-state index in [2.05, 4.69) is 0 Å². The van der Waals surface area contributed by atoms with Gasteiger partial charge >= 0.3 is 0 Å². The van der Waals surface area contributed by atoms with Crippen LogP contribution < -0.4 is 5.73 Å². The van der Waals surface area contributed by atoms with E-state index in [0.717, 1.165) is 6.42 Å². The van der Waals surface area contributed by atoms with Gasteiger partial charge in [0.15, 0.2) is 0 Å². The Morgan fingerprint density at radius 3 is 2.20 bits per heavy atom. The molecular weight excluding hydrogens is 126 g/mol. The lowest BCUT2D eigenvalue weighted by Crippen LogP contribution is -2.25. The normalized spacial score (nSPS) is 16.4. The fraction of sp³-hybridized carbons (Fsp3) is 0.875. The van der Waals surface area contributed by atoms with Crippen molar-refractivity contribution in [2.24, 2.45) is 17.6 Å². The highest BCUT2D eigenvalue weighted by molar-refractivity contribution is 5.82. The standard InChI is InChI=1S/C8H17NO/c1-4-6(2)8(10)7(3)5-9/h6-7H,4-5,9H2,1-3H3. The van der Waals surface area contributed by atoms with Gasteiger partial charge in [0.2, 0.25) is 0 Å². The number of hydrogen-bond acceptors (Lipinski definition) is 2. The molecule has 0 bridgehead atoms. The zero-order chi connectivity index (χ0) is 8.15. The van der Waals surface area contributed by atoms with Gasteiger partial charge in [-0.2, -0.15) is 0 Å². The smallest absolute Gasteiger partial charge is 0.139 e. The Morgan fingerprint density at radius 2 is 1.90 bits per heavy atom. The fourth-order valence-electron chi connectivity index (χ4n) is 0.803. The van der Waals surface area contributed by atoms with Gasteiger partial charge < -0.3 is 5.73 Å². The third-order valence-electron chi connectivity index (χ3n) is 1.94. The molecule has 0 aliphatic heterocycles. The number of nitrogens with two attached hydrogens (primary N) is 1. The summed E-state index contributed by atoms with van der Waals surface area (Å²) in [6.45, 7) is 6.33. The molecule has 0 aromatic heterocycles. The van der Waals surface area contributed by atoms with Crippen LogP contribution in [0.2, 0.25) is 0 Å². The highest BCUT2D eigenvalue weighted by Gasteiger charge is 2.16. The van der Waals surface area contributed by atoms with E-state index in [9.17, 15) is 4.79 Å². The van der Waals surface area contributed by atoms with Gasteiger partial charge in [-0.25, -0.2) is 0 Å². The van der Waals surface area contributed by atoms with E-state index in [1.54, 1.807) is 0 Å². The van der Waals surface area contributed by atoms with E-state index >= 15 is 0 Å². The maximum atomic E-state index is 11.2. The monoisotopic (exact) mass is 143 g/mol. The van der Waals surface area contributed by atoms with Crippen LogP contribution in [-0.2, 0) is 4.79 Å². The first-order valence-corrected chi connectivity index (χ1v) is 3.87. The molecule has 2 heteroatoms. The summed E-state index contributed by atoms with van der Waals surface area (Å²) in [6.07, 6.45) is 0.920. The van der Waals surface area contributed by atoms with Gasteiger partial charge in [0.05, 0.1) is 0 Å². The zero-order valence-electron chi connectivity index (χ0n) is 7.05. The van der Waals surface area contributed by atoms with Gasteiger partial charge in [-0.3, -0.25) is 4.79 Å². The molecule has 0 amide bonds. The number of rotatable bonds is 4. The Bertz CT molecular complexity index is 99.8. The Labute approximate surface area is 62.8 Å². The quantitative estimate of drug-likeness (QED) is 0.642. The summed E-state index contributed by atoms with van der Waals surface area (Å²) in [4.78, 5) is 11.2. The van der Waals surface area contributed by atoms with Crippen LogP contribution in [-0.4, -0.2) is 12.3 Å². The Hall–Kier alpha value is -0.370. The van der Waals surface area contributed by atoms with Gasteiger partial charge in [-0.1, -0.05) is 20.8 Å². The predicted molar refractivity (Wildman–Crippen MR) is 42.7 cm³/mol. The van der Waals surface area contributed by atoms with E-state index in [4.69, 9.17) is 5.73 Å². The minimum atomic E-state index is 0.0370. The van der Waals surface area contributed by atoms with Crippen LogP contribution in [0.15, 0.2) is 0 Å². The molecule has 0 saturated carbocycles. The second kappa shape index (κ2) is 4.45. The average molecular weight is 143 g/mol. The van der Waals surface area contributed by atoms with Crippen molar-refractivity contribution in [1.29, 1.82) is 0 Å². The number of carbonyl (C=O) groups excluding carboxylic acids is 1. The van der Waals surface area contributed by atoms with Crippen molar-refractivity contribution in [3.05, 3.63) is 0 Å². The van der Waals surface area contributed by atoms with Crippen LogP contribution in [0.1, 0.15) is 27.2 Å². The van der Waals surface area contributed by atoms with Crippen molar-refractivity contribution in [1.82, 2.24) is 0 Å². The van der Waals surface area contributed by atoms with Crippen LogP contribution in [0.3, 0.4) is 0 Å². The molecule has 0 aromatic carbocycles. The number of hydrogen-bond donors (Lipinski definition) is 1. The lowest BCUT2D eigenvalue weighted by molar-refractivity contribution is -0.125. The number of carbonyl (C=O) groups is 1. The van der Waals surface area contributed by atoms with Gasteiger partial charge in [0, 0.05) is 18.4 Å². The molecule has 2 unspecified atom stereocenters. The van der Waals surface area contributed by atoms with Crippen LogP contribution >= 0.6 is 0 Å². The Kier molecular flexibility index (Phi) is 4.28. The van der Waals surface area contributed by atoms with Crippen LogP contribution in [0.25, 0.3) is 0 Å². The molecule has 0 aliphatic rings. The first-order valence-electron chi connectivity index (χ1n) is 3.87. The summed E-state index contributed by atoms with van der Waals surface area (Å²) < 4.78 is 0. The van der Waals surface area contributed by atoms with Crippen molar-refractivity contribution in [2.45, 2.75) is 27.2 Å².